The fourth-order valence-corrected chi connectivity index (χ4v) is 4.26. The zero-order valence-corrected chi connectivity index (χ0v) is 19.8. The molecule has 5 nitrogen and oxygen atoms in total. The van der Waals surface area contributed by atoms with E-state index in [0.29, 0.717) is 17.3 Å². The van der Waals surface area contributed by atoms with Crippen LogP contribution in [0.25, 0.3) is 33.7 Å². The number of H-pyrrole nitrogens is 1. The Hall–Kier alpha value is -3.57. The second kappa shape index (κ2) is 8.24. The van der Waals surface area contributed by atoms with E-state index in [4.69, 9.17) is 0 Å². The highest BCUT2D eigenvalue weighted by atomic mass is 19.4. The molecule has 0 saturated carbocycles. The number of aryl methyl sites for hydroxylation is 1. The van der Waals surface area contributed by atoms with Gasteiger partial charge in [-0.15, -0.1) is 13.2 Å². The Kier molecular flexibility index (Phi) is 5.84. The maximum absolute atomic E-state index is 14.7. The molecule has 0 amide bonds. The summed E-state index contributed by atoms with van der Waals surface area (Å²) in [5.74, 6) is -2.07. The van der Waals surface area contributed by atoms with Crippen molar-refractivity contribution in [1.82, 2.24) is 19.7 Å². The summed E-state index contributed by atoms with van der Waals surface area (Å²) in [5, 5.41) is 4.48. The number of aromatic nitrogens is 4. The largest absolute Gasteiger partial charge is 0.573 e. The molecule has 2 aromatic carbocycles. The van der Waals surface area contributed by atoms with Crippen LogP contribution in [0.4, 0.5) is 30.7 Å². The summed E-state index contributed by atoms with van der Waals surface area (Å²) in [6.07, 6.45) is -10.1. The molecular weight excluding hydrogens is 493 g/mol. The van der Waals surface area contributed by atoms with Crippen LogP contribution < -0.4 is 4.74 Å². The third-order valence-electron chi connectivity index (χ3n) is 5.60. The normalized spacial score (nSPS) is 13.0. The van der Waals surface area contributed by atoms with Crippen LogP contribution in [-0.2, 0) is 18.6 Å². The van der Waals surface area contributed by atoms with E-state index in [0.717, 1.165) is 30.0 Å². The number of rotatable bonds is 3. The molecule has 192 valence electrons. The van der Waals surface area contributed by atoms with Crippen LogP contribution in [0.5, 0.6) is 5.75 Å². The van der Waals surface area contributed by atoms with Gasteiger partial charge in [-0.2, -0.15) is 18.3 Å². The fourth-order valence-electron chi connectivity index (χ4n) is 4.26. The first kappa shape index (κ1) is 25.5. The van der Waals surface area contributed by atoms with Gasteiger partial charge in [-0.05, 0) is 36.8 Å². The number of aromatic amines is 1. The number of hydrogen-bond acceptors (Lipinski definition) is 3. The molecule has 0 aliphatic carbocycles. The Balaban J connectivity index is 1.99. The van der Waals surface area contributed by atoms with E-state index in [1.165, 1.54) is 4.68 Å². The molecule has 0 unspecified atom stereocenters. The van der Waals surface area contributed by atoms with Gasteiger partial charge in [-0.1, -0.05) is 26.8 Å². The highest BCUT2D eigenvalue weighted by molar-refractivity contribution is 5.89. The van der Waals surface area contributed by atoms with E-state index < -0.39 is 46.3 Å². The van der Waals surface area contributed by atoms with Crippen LogP contribution >= 0.6 is 0 Å². The molecule has 0 atom stereocenters. The summed E-state index contributed by atoms with van der Waals surface area (Å²) < 4.78 is 101. The molecule has 0 spiro atoms. The molecule has 0 bridgehead atoms. The van der Waals surface area contributed by atoms with Crippen LogP contribution in [0.1, 0.15) is 37.6 Å². The van der Waals surface area contributed by atoms with Crippen molar-refractivity contribution in [2.45, 2.75) is 45.6 Å². The van der Waals surface area contributed by atoms with Crippen molar-refractivity contribution in [3.05, 3.63) is 53.0 Å². The predicted molar refractivity (Wildman–Crippen MR) is 119 cm³/mol. The Morgan fingerprint density at radius 2 is 1.67 bits per heavy atom. The Morgan fingerprint density at radius 3 is 2.22 bits per heavy atom. The van der Waals surface area contributed by atoms with Gasteiger partial charge in [0.15, 0.2) is 5.82 Å². The summed E-state index contributed by atoms with van der Waals surface area (Å²) in [5.41, 5.74) is -1.55. The molecule has 4 rings (SSSR count). The number of fused-ring (bicyclic) bond motifs is 1. The molecular formula is C24H21F7N4O. The van der Waals surface area contributed by atoms with Crippen molar-refractivity contribution in [3.63, 3.8) is 0 Å². The first-order valence-corrected chi connectivity index (χ1v) is 10.7. The zero-order chi connectivity index (χ0) is 26.8. The van der Waals surface area contributed by atoms with Gasteiger partial charge in [-0.25, -0.2) is 9.37 Å². The lowest BCUT2D eigenvalue weighted by atomic mass is 9.89. The topological polar surface area (TPSA) is 55.7 Å². The first-order chi connectivity index (χ1) is 16.5. The average molecular weight is 514 g/mol. The fraction of sp³-hybridized carbons (Fsp3) is 0.333. The van der Waals surface area contributed by atoms with Crippen molar-refractivity contribution >= 4 is 11.0 Å². The van der Waals surface area contributed by atoms with Crippen molar-refractivity contribution in [3.8, 4) is 28.4 Å². The molecule has 12 heteroatoms. The second-order valence-corrected chi connectivity index (χ2v) is 9.36. The second-order valence-electron chi connectivity index (χ2n) is 9.36. The van der Waals surface area contributed by atoms with Crippen LogP contribution in [0.3, 0.4) is 0 Å². The van der Waals surface area contributed by atoms with Gasteiger partial charge >= 0.3 is 12.5 Å². The number of ether oxygens (including phenoxy) is 1. The van der Waals surface area contributed by atoms with Gasteiger partial charge in [0, 0.05) is 18.0 Å². The molecule has 0 radical (unpaired) electrons. The van der Waals surface area contributed by atoms with E-state index in [1.807, 2.05) is 20.8 Å². The molecule has 1 N–H and O–H groups in total. The van der Waals surface area contributed by atoms with Crippen LogP contribution in [-0.4, -0.2) is 26.1 Å². The number of benzene rings is 2. The standard InChI is InChI=1S/C24H21F7N4O/c1-11-19(35(5)34-20(11)22(2,3)4)21-32-15-10-12(9-13(18(15)33-21)23(26,27)28)17-14(25)7-6-8-16(17)36-24(29,30)31/h6-10H,1-5H3,(H,32,33). The zero-order valence-electron chi connectivity index (χ0n) is 19.8. The number of halogens is 7. The lowest BCUT2D eigenvalue weighted by molar-refractivity contribution is -0.274. The van der Waals surface area contributed by atoms with Gasteiger partial charge in [0.1, 0.15) is 22.8 Å². The van der Waals surface area contributed by atoms with E-state index in [2.05, 4.69) is 19.8 Å². The van der Waals surface area contributed by atoms with Crippen molar-refractivity contribution < 1.29 is 35.5 Å². The molecule has 0 aliphatic rings. The summed E-state index contributed by atoms with van der Waals surface area (Å²) in [6.45, 7) is 7.59. The average Bonchev–Trinajstić information content (AvgIpc) is 3.24. The van der Waals surface area contributed by atoms with Gasteiger partial charge in [0.25, 0.3) is 0 Å². The van der Waals surface area contributed by atoms with Crippen molar-refractivity contribution in [1.29, 1.82) is 0 Å². The molecule has 0 fully saturated rings. The number of nitrogens with one attached hydrogen (secondary N) is 1. The van der Waals surface area contributed by atoms with Gasteiger partial charge < -0.3 is 9.72 Å². The molecule has 0 aliphatic heterocycles. The van der Waals surface area contributed by atoms with Crippen LogP contribution in [0, 0.1) is 12.7 Å². The Labute approximate surface area is 200 Å². The van der Waals surface area contributed by atoms with Gasteiger partial charge in [-0.3, -0.25) is 4.68 Å². The van der Waals surface area contributed by atoms with Gasteiger partial charge in [0.2, 0.25) is 0 Å². The first-order valence-electron chi connectivity index (χ1n) is 10.7. The predicted octanol–water partition coefficient (Wildman–Crippen LogP) is 7.29. The summed E-state index contributed by atoms with van der Waals surface area (Å²) in [7, 11) is 1.63. The van der Waals surface area contributed by atoms with E-state index >= 15 is 0 Å². The van der Waals surface area contributed by atoms with E-state index in [-0.39, 0.29) is 16.8 Å². The Bertz CT molecular complexity index is 1460. The Morgan fingerprint density at radius 1 is 1.00 bits per heavy atom. The maximum atomic E-state index is 14.7. The highest BCUT2D eigenvalue weighted by Crippen LogP contribution is 2.42. The van der Waals surface area contributed by atoms with Gasteiger partial charge in [0.05, 0.1) is 22.3 Å². The minimum absolute atomic E-state index is 0.0796. The smallest absolute Gasteiger partial charge is 0.405 e. The maximum Gasteiger partial charge on any atom is 0.573 e. The van der Waals surface area contributed by atoms with Crippen LogP contribution in [0.15, 0.2) is 30.3 Å². The van der Waals surface area contributed by atoms with Crippen molar-refractivity contribution in [2.24, 2.45) is 7.05 Å². The molecule has 0 saturated heterocycles. The number of nitrogens with zero attached hydrogens (tertiary/aromatic N) is 3. The third kappa shape index (κ3) is 4.63. The quantitative estimate of drug-likeness (QED) is 0.292. The van der Waals surface area contributed by atoms with Crippen LogP contribution in [0.2, 0.25) is 0 Å². The summed E-state index contributed by atoms with van der Waals surface area (Å²) in [6, 6.07) is 4.30. The monoisotopic (exact) mass is 514 g/mol. The molecule has 4 aromatic rings. The summed E-state index contributed by atoms with van der Waals surface area (Å²) >= 11 is 0. The number of imidazole rings is 1. The number of alkyl halides is 6. The lowest BCUT2D eigenvalue weighted by Gasteiger charge is -2.16. The highest BCUT2D eigenvalue weighted by Gasteiger charge is 2.37. The molecule has 2 aromatic heterocycles. The minimum Gasteiger partial charge on any atom is -0.405 e. The third-order valence-corrected chi connectivity index (χ3v) is 5.60. The van der Waals surface area contributed by atoms with E-state index in [1.54, 1.807) is 14.0 Å². The van der Waals surface area contributed by atoms with Crippen molar-refractivity contribution in [2.75, 3.05) is 0 Å². The minimum atomic E-state index is -5.18. The molecule has 2 heterocycles. The van der Waals surface area contributed by atoms with E-state index in [9.17, 15) is 30.7 Å². The lowest BCUT2D eigenvalue weighted by Crippen LogP contribution is -2.18. The summed E-state index contributed by atoms with van der Waals surface area (Å²) in [4.78, 5) is 6.97. The SMILES string of the molecule is Cc1c(C(C)(C)C)nn(C)c1-c1nc2c(C(F)(F)F)cc(-c3c(F)cccc3OC(F)(F)F)cc2[nH]1. The number of hydrogen-bond donors (Lipinski definition) is 1. The molecule has 36 heavy (non-hydrogen) atoms.